The highest BCUT2D eigenvalue weighted by Crippen LogP contribution is 2.22. The first-order valence-corrected chi connectivity index (χ1v) is 10.3. The van der Waals surface area contributed by atoms with Gasteiger partial charge in [-0.25, -0.2) is 4.79 Å². The first-order valence-electron chi connectivity index (χ1n) is 10.3. The number of amides is 2. The average molecular weight is 397 g/mol. The third-order valence-electron chi connectivity index (χ3n) is 5.35. The van der Waals surface area contributed by atoms with Crippen LogP contribution >= 0.6 is 0 Å². The van der Waals surface area contributed by atoms with Crippen LogP contribution in [0.1, 0.15) is 45.0 Å². The molecule has 0 radical (unpaired) electrons. The Morgan fingerprint density at radius 1 is 1.14 bits per heavy atom. The number of ether oxygens (including phenoxy) is 1. The van der Waals surface area contributed by atoms with Crippen LogP contribution in [0.25, 0.3) is 0 Å². The van der Waals surface area contributed by atoms with Gasteiger partial charge in [-0.05, 0) is 45.4 Å². The van der Waals surface area contributed by atoms with E-state index in [1.165, 1.54) is 0 Å². The minimum atomic E-state index is -0.302. The zero-order valence-corrected chi connectivity index (χ0v) is 17.8. The van der Waals surface area contributed by atoms with E-state index in [-0.39, 0.29) is 29.8 Å². The van der Waals surface area contributed by atoms with Crippen molar-refractivity contribution in [2.45, 2.75) is 51.5 Å². The predicted octanol–water partition coefficient (Wildman–Crippen LogP) is 3.36. The minimum absolute atomic E-state index is 0.170. The van der Waals surface area contributed by atoms with Crippen LogP contribution in [0.4, 0.5) is 4.79 Å². The highest BCUT2D eigenvalue weighted by Gasteiger charge is 2.33. The van der Waals surface area contributed by atoms with Gasteiger partial charge in [0.25, 0.3) is 0 Å². The lowest BCUT2D eigenvalue weighted by Crippen LogP contribution is -2.59. The molecule has 3 atom stereocenters. The van der Waals surface area contributed by atoms with Crippen LogP contribution in [0.15, 0.2) is 54.7 Å². The van der Waals surface area contributed by atoms with Gasteiger partial charge in [0.1, 0.15) is 0 Å². The summed E-state index contributed by atoms with van der Waals surface area (Å²) < 4.78 is 5.84. The molecule has 2 heterocycles. The first kappa shape index (κ1) is 21.3. The summed E-state index contributed by atoms with van der Waals surface area (Å²) in [5.41, 5.74) is 1.64. The van der Waals surface area contributed by atoms with Gasteiger partial charge in [0.2, 0.25) is 0 Å². The van der Waals surface area contributed by atoms with Crippen molar-refractivity contribution >= 4 is 6.03 Å². The van der Waals surface area contributed by atoms with Crippen molar-refractivity contribution in [2.75, 3.05) is 19.6 Å². The number of carbonyl (C=O) groups is 1. The lowest BCUT2D eigenvalue weighted by molar-refractivity contribution is -0.0947. The molecule has 1 aliphatic heterocycles. The van der Waals surface area contributed by atoms with Gasteiger partial charge >= 0.3 is 6.03 Å². The molecule has 6 heteroatoms. The van der Waals surface area contributed by atoms with E-state index >= 15 is 0 Å². The quantitative estimate of drug-likeness (QED) is 0.786. The Bertz CT molecular complexity index is 732. The molecular weight excluding hydrogens is 364 g/mol. The van der Waals surface area contributed by atoms with Crippen molar-refractivity contribution in [1.82, 2.24) is 20.5 Å². The van der Waals surface area contributed by atoms with Gasteiger partial charge in [0, 0.05) is 31.4 Å². The van der Waals surface area contributed by atoms with Crippen molar-refractivity contribution in [1.29, 1.82) is 0 Å². The molecular formula is C23H32N4O2. The highest BCUT2D eigenvalue weighted by molar-refractivity contribution is 5.75. The average Bonchev–Trinajstić information content (AvgIpc) is 2.71. The lowest BCUT2D eigenvalue weighted by Gasteiger charge is -2.45. The van der Waals surface area contributed by atoms with Crippen molar-refractivity contribution in [3.63, 3.8) is 0 Å². The second-order valence-electron chi connectivity index (χ2n) is 8.40. The summed E-state index contributed by atoms with van der Waals surface area (Å²) in [7, 11) is 0. The van der Waals surface area contributed by atoms with E-state index in [9.17, 15) is 4.79 Å². The molecule has 3 unspecified atom stereocenters. The van der Waals surface area contributed by atoms with E-state index < -0.39 is 0 Å². The maximum absolute atomic E-state index is 12.8. The second-order valence-corrected chi connectivity index (χ2v) is 8.40. The third kappa shape index (κ3) is 5.78. The molecule has 1 aliphatic rings. The zero-order valence-electron chi connectivity index (χ0n) is 17.8. The fourth-order valence-electron chi connectivity index (χ4n) is 3.78. The van der Waals surface area contributed by atoms with Crippen LogP contribution in [-0.4, -0.2) is 53.3 Å². The number of hydrogen-bond acceptors (Lipinski definition) is 4. The van der Waals surface area contributed by atoms with E-state index in [0.717, 1.165) is 24.3 Å². The van der Waals surface area contributed by atoms with Crippen LogP contribution in [0.3, 0.4) is 0 Å². The van der Waals surface area contributed by atoms with Crippen molar-refractivity contribution in [3.8, 4) is 0 Å². The third-order valence-corrected chi connectivity index (χ3v) is 5.35. The lowest BCUT2D eigenvalue weighted by atomic mass is 10.00. The molecule has 0 saturated carbocycles. The van der Waals surface area contributed by atoms with E-state index in [4.69, 9.17) is 4.74 Å². The maximum Gasteiger partial charge on any atom is 0.315 e. The predicted molar refractivity (Wildman–Crippen MR) is 115 cm³/mol. The smallest absolute Gasteiger partial charge is 0.315 e. The second kappa shape index (κ2) is 9.37. The zero-order chi connectivity index (χ0) is 20.9. The van der Waals surface area contributed by atoms with Gasteiger partial charge in [-0.15, -0.1) is 0 Å². The Hall–Kier alpha value is -2.44. The Morgan fingerprint density at radius 3 is 2.41 bits per heavy atom. The van der Waals surface area contributed by atoms with Gasteiger partial charge in [0.05, 0.1) is 23.9 Å². The summed E-state index contributed by atoms with van der Waals surface area (Å²) in [4.78, 5) is 19.6. The first-order chi connectivity index (χ1) is 13.8. The van der Waals surface area contributed by atoms with E-state index in [1.54, 1.807) is 6.20 Å². The molecule has 29 heavy (non-hydrogen) atoms. The molecule has 2 amide bonds. The Kier molecular flexibility index (Phi) is 6.87. The maximum atomic E-state index is 12.8. The van der Waals surface area contributed by atoms with Crippen LogP contribution in [-0.2, 0) is 4.74 Å². The molecule has 2 N–H and O–H groups in total. The summed E-state index contributed by atoms with van der Waals surface area (Å²) in [6, 6.07) is 15.1. The number of benzene rings is 1. The number of rotatable bonds is 6. The van der Waals surface area contributed by atoms with Crippen LogP contribution < -0.4 is 10.6 Å². The minimum Gasteiger partial charge on any atom is -0.373 e. The van der Waals surface area contributed by atoms with E-state index in [0.29, 0.717) is 6.54 Å². The molecule has 1 aromatic heterocycles. The van der Waals surface area contributed by atoms with Crippen molar-refractivity contribution < 1.29 is 9.53 Å². The highest BCUT2D eigenvalue weighted by atomic mass is 16.5. The molecule has 1 aromatic carbocycles. The molecule has 0 spiro atoms. The summed E-state index contributed by atoms with van der Waals surface area (Å²) in [6.45, 7) is 10.8. The van der Waals surface area contributed by atoms with Gasteiger partial charge < -0.3 is 15.4 Å². The largest absolute Gasteiger partial charge is 0.373 e. The molecule has 1 saturated heterocycles. The number of urea groups is 1. The summed E-state index contributed by atoms with van der Waals surface area (Å²) >= 11 is 0. The van der Waals surface area contributed by atoms with E-state index in [1.807, 2.05) is 48.5 Å². The van der Waals surface area contributed by atoms with Gasteiger partial charge in [-0.1, -0.05) is 36.4 Å². The number of nitrogens with zero attached hydrogens (tertiary/aromatic N) is 2. The number of morpholine rings is 1. The Morgan fingerprint density at radius 2 is 1.79 bits per heavy atom. The van der Waals surface area contributed by atoms with Crippen molar-refractivity contribution in [2.24, 2.45) is 0 Å². The number of pyridine rings is 1. The van der Waals surface area contributed by atoms with Crippen LogP contribution in [0.5, 0.6) is 0 Å². The molecule has 2 aromatic rings. The van der Waals surface area contributed by atoms with Gasteiger partial charge in [-0.3, -0.25) is 9.88 Å². The standard InChI is InChI=1S/C23H32N4O2/c1-17-14-27(15-18(2)29-17)23(3,4)16-25-22(28)26-21(19-10-6-5-7-11-19)20-12-8-9-13-24-20/h5-13,17-18,21H,14-16H2,1-4H3,(H2,25,26,28). The molecule has 3 rings (SSSR count). The number of carbonyl (C=O) groups excluding carboxylic acids is 1. The molecule has 156 valence electrons. The van der Waals surface area contributed by atoms with Crippen LogP contribution in [0.2, 0.25) is 0 Å². The number of nitrogens with one attached hydrogen (secondary N) is 2. The molecule has 0 aliphatic carbocycles. The van der Waals surface area contributed by atoms with Crippen LogP contribution in [0, 0.1) is 0 Å². The number of hydrogen-bond donors (Lipinski definition) is 2. The molecule has 1 fully saturated rings. The fraction of sp³-hybridized carbons (Fsp3) is 0.478. The topological polar surface area (TPSA) is 66.5 Å². The van der Waals surface area contributed by atoms with E-state index in [2.05, 4.69) is 48.2 Å². The molecule has 6 nitrogen and oxygen atoms in total. The van der Waals surface area contributed by atoms with Crippen molar-refractivity contribution in [3.05, 3.63) is 66.0 Å². The van der Waals surface area contributed by atoms with Gasteiger partial charge in [0.15, 0.2) is 0 Å². The SMILES string of the molecule is CC1CN(C(C)(C)CNC(=O)NC(c2ccccc2)c2ccccn2)CC(C)O1. The Labute approximate surface area is 173 Å². The molecule has 0 bridgehead atoms. The fourth-order valence-corrected chi connectivity index (χ4v) is 3.78. The normalized spacial score (nSPS) is 21.4. The monoisotopic (exact) mass is 396 g/mol. The summed E-state index contributed by atoms with van der Waals surface area (Å²) in [5.74, 6) is 0. The van der Waals surface area contributed by atoms with Gasteiger partial charge in [-0.2, -0.15) is 0 Å². The summed E-state index contributed by atoms with van der Waals surface area (Å²) in [5, 5.41) is 6.15. The number of aromatic nitrogens is 1. The Balaban J connectivity index is 1.64. The summed E-state index contributed by atoms with van der Waals surface area (Å²) in [6.07, 6.45) is 2.13.